The van der Waals surface area contributed by atoms with Gasteiger partial charge in [0.15, 0.2) is 11.5 Å². The van der Waals surface area contributed by atoms with Crippen molar-refractivity contribution in [3.8, 4) is 11.5 Å². The summed E-state index contributed by atoms with van der Waals surface area (Å²) >= 11 is 0. The Morgan fingerprint density at radius 2 is 1.93 bits per heavy atom. The second kappa shape index (κ2) is 8.03. The summed E-state index contributed by atoms with van der Waals surface area (Å²) in [5, 5.41) is 0. The van der Waals surface area contributed by atoms with E-state index in [4.69, 9.17) is 9.47 Å². The molecule has 1 aliphatic heterocycles. The van der Waals surface area contributed by atoms with Crippen molar-refractivity contribution < 1.29 is 14.3 Å². The summed E-state index contributed by atoms with van der Waals surface area (Å²) in [6, 6.07) is 11.1. The fourth-order valence-corrected chi connectivity index (χ4v) is 3.88. The molecule has 152 valence electrons. The molecule has 1 amide bonds. The fourth-order valence-electron chi connectivity index (χ4n) is 3.88. The van der Waals surface area contributed by atoms with Crippen molar-refractivity contribution in [2.45, 2.75) is 26.3 Å². The lowest BCUT2D eigenvalue weighted by Crippen LogP contribution is -2.27. The number of H-pyrrole nitrogens is 1. The molecule has 2 heterocycles. The third-order valence-corrected chi connectivity index (χ3v) is 5.30. The molecule has 0 aliphatic carbocycles. The molecule has 1 aliphatic rings. The quantitative estimate of drug-likeness (QED) is 0.696. The van der Waals surface area contributed by atoms with Gasteiger partial charge in [-0.3, -0.25) is 9.36 Å². The number of carbonyl (C=O) groups is 1. The molecule has 3 aromatic rings. The Balaban J connectivity index is 1.71. The Morgan fingerprint density at radius 1 is 1.14 bits per heavy atom. The van der Waals surface area contributed by atoms with Crippen LogP contribution >= 0.6 is 0 Å². The number of likely N-dealkylation sites (tertiary alicyclic amines) is 1. The molecular formula is C22H25N3O4. The molecule has 0 saturated carbocycles. The zero-order valence-electron chi connectivity index (χ0n) is 16.7. The smallest absolute Gasteiger partial charge is 0.326 e. The number of imidazole rings is 1. The monoisotopic (exact) mass is 395 g/mol. The van der Waals surface area contributed by atoms with E-state index in [1.807, 2.05) is 42.2 Å². The number of ether oxygens (including phenoxy) is 2. The molecule has 1 saturated heterocycles. The minimum absolute atomic E-state index is 0.0235. The predicted molar refractivity (Wildman–Crippen MR) is 111 cm³/mol. The van der Waals surface area contributed by atoms with E-state index in [0.29, 0.717) is 41.2 Å². The molecule has 1 aromatic heterocycles. The molecule has 0 spiro atoms. The number of nitrogens with one attached hydrogen (secondary N) is 1. The SMILES string of the molecule is CCOc1cc(Cn2c(=O)[nH]c3c(C(=O)N4CCCC4)cccc32)ccc1OC. The lowest BCUT2D eigenvalue weighted by molar-refractivity contribution is 0.0794. The van der Waals surface area contributed by atoms with Gasteiger partial charge in [0, 0.05) is 13.1 Å². The van der Waals surface area contributed by atoms with Crippen LogP contribution in [0.5, 0.6) is 11.5 Å². The molecule has 7 nitrogen and oxygen atoms in total. The first kappa shape index (κ1) is 19.1. The number of amides is 1. The molecular weight excluding hydrogens is 370 g/mol. The van der Waals surface area contributed by atoms with E-state index in [1.165, 1.54) is 0 Å². The maximum Gasteiger partial charge on any atom is 0.326 e. The number of para-hydroxylation sites is 1. The third kappa shape index (κ3) is 3.60. The molecule has 29 heavy (non-hydrogen) atoms. The molecule has 4 rings (SSSR count). The molecule has 0 radical (unpaired) electrons. The van der Waals surface area contributed by atoms with E-state index in [1.54, 1.807) is 17.7 Å². The van der Waals surface area contributed by atoms with Crippen LogP contribution < -0.4 is 15.2 Å². The summed E-state index contributed by atoms with van der Waals surface area (Å²) in [7, 11) is 1.60. The minimum Gasteiger partial charge on any atom is -0.493 e. The zero-order valence-corrected chi connectivity index (χ0v) is 16.7. The van der Waals surface area contributed by atoms with Crippen LogP contribution in [0.15, 0.2) is 41.2 Å². The Kier molecular flexibility index (Phi) is 5.29. The van der Waals surface area contributed by atoms with Crippen molar-refractivity contribution in [2.75, 3.05) is 26.8 Å². The lowest BCUT2D eigenvalue weighted by Gasteiger charge is -2.15. The van der Waals surface area contributed by atoms with Crippen LogP contribution in [0.1, 0.15) is 35.7 Å². The normalized spacial score (nSPS) is 13.8. The van der Waals surface area contributed by atoms with Crippen molar-refractivity contribution in [3.05, 3.63) is 58.0 Å². The number of nitrogens with zero attached hydrogens (tertiary/aromatic N) is 2. The second-order valence-corrected chi connectivity index (χ2v) is 7.13. The number of aromatic nitrogens is 2. The third-order valence-electron chi connectivity index (χ3n) is 5.30. The van der Waals surface area contributed by atoms with Gasteiger partial charge in [0.05, 0.1) is 36.9 Å². The summed E-state index contributed by atoms with van der Waals surface area (Å²) in [4.78, 5) is 30.3. The maximum atomic E-state index is 12.9. The first-order valence-corrected chi connectivity index (χ1v) is 9.93. The average Bonchev–Trinajstić information content (AvgIpc) is 3.37. The molecule has 1 fully saturated rings. The zero-order chi connectivity index (χ0) is 20.4. The first-order valence-electron chi connectivity index (χ1n) is 9.93. The number of carbonyl (C=O) groups excluding carboxylic acids is 1. The largest absolute Gasteiger partial charge is 0.493 e. The fraction of sp³-hybridized carbons (Fsp3) is 0.364. The number of hydrogen-bond donors (Lipinski definition) is 1. The van der Waals surface area contributed by atoms with Gasteiger partial charge >= 0.3 is 5.69 Å². The summed E-state index contributed by atoms with van der Waals surface area (Å²) in [5.41, 5.74) is 2.52. The summed E-state index contributed by atoms with van der Waals surface area (Å²) in [5.74, 6) is 1.27. The maximum absolute atomic E-state index is 12.9. The van der Waals surface area contributed by atoms with Crippen LogP contribution in [0, 0.1) is 0 Å². The highest BCUT2D eigenvalue weighted by atomic mass is 16.5. The standard InChI is InChI=1S/C22H25N3O4/c1-3-29-19-13-15(9-10-18(19)28-2)14-25-17-8-6-7-16(20(17)23-22(25)27)21(26)24-11-4-5-12-24/h6-10,13H,3-5,11-12,14H2,1-2H3,(H,23,27). The van der Waals surface area contributed by atoms with E-state index < -0.39 is 0 Å². The number of aromatic amines is 1. The molecule has 2 aromatic carbocycles. The van der Waals surface area contributed by atoms with Crippen LogP contribution in [0.2, 0.25) is 0 Å². The topological polar surface area (TPSA) is 76.6 Å². The predicted octanol–water partition coefficient (Wildman–Crippen LogP) is 3.02. The highest BCUT2D eigenvalue weighted by Gasteiger charge is 2.23. The summed E-state index contributed by atoms with van der Waals surface area (Å²) in [6.45, 7) is 4.34. The Morgan fingerprint density at radius 3 is 2.66 bits per heavy atom. The number of rotatable bonds is 6. The molecule has 7 heteroatoms. The van der Waals surface area contributed by atoms with Crippen molar-refractivity contribution >= 4 is 16.9 Å². The number of methoxy groups -OCH3 is 1. The van der Waals surface area contributed by atoms with Gasteiger partial charge in [0.1, 0.15) is 0 Å². The van der Waals surface area contributed by atoms with Crippen molar-refractivity contribution in [3.63, 3.8) is 0 Å². The van der Waals surface area contributed by atoms with E-state index in [0.717, 1.165) is 31.5 Å². The van der Waals surface area contributed by atoms with Gasteiger partial charge in [-0.25, -0.2) is 4.79 Å². The number of hydrogen-bond acceptors (Lipinski definition) is 4. The van der Waals surface area contributed by atoms with Crippen LogP contribution in [0.3, 0.4) is 0 Å². The van der Waals surface area contributed by atoms with Gasteiger partial charge in [-0.2, -0.15) is 0 Å². The lowest BCUT2D eigenvalue weighted by atomic mass is 10.1. The van der Waals surface area contributed by atoms with Gasteiger partial charge in [-0.05, 0) is 49.6 Å². The van der Waals surface area contributed by atoms with Crippen LogP contribution in [-0.2, 0) is 6.54 Å². The Hall–Kier alpha value is -3.22. The number of fused-ring (bicyclic) bond motifs is 1. The Labute approximate surface area is 168 Å². The van der Waals surface area contributed by atoms with Gasteiger partial charge < -0.3 is 19.4 Å². The van der Waals surface area contributed by atoms with Crippen molar-refractivity contribution in [1.82, 2.24) is 14.5 Å². The van der Waals surface area contributed by atoms with Crippen molar-refractivity contribution in [2.24, 2.45) is 0 Å². The average molecular weight is 395 g/mol. The summed E-state index contributed by atoms with van der Waals surface area (Å²) in [6.07, 6.45) is 2.05. The number of benzene rings is 2. The van der Waals surface area contributed by atoms with E-state index in [9.17, 15) is 9.59 Å². The van der Waals surface area contributed by atoms with E-state index in [-0.39, 0.29) is 11.6 Å². The Bertz CT molecular complexity index is 1090. The molecule has 0 atom stereocenters. The summed E-state index contributed by atoms with van der Waals surface area (Å²) < 4.78 is 12.6. The van der Waals surface area contributed by atoms with Crippen LogP contribution in [-0.4, -0.2) is 47.2 Å². The second-order valence-electron chi connectivity index (χ2n) is 7.13. The first-order chi connectivity index (χ1) is 14.1. The van der Waals surface area contributed by atoms with E-state index >= 15 is 0 Å². The van der Waals surface area contributed by atoms with Gasteiger partial charge in [0.2, 0.25) is 0 Å². The van der Waals surface area contributed by atoms with Crippen molar-refractivity contribution in [1.29, 1.82) is 0 Å². The highest BCUT2D eigenvalue weighted by molar-refractivity contribution is 6.05. The van der Waals surface area contributed by atoms with Crippen LogP contribution in [0.25, 0.3) is 11.0 Å². The van der Waals surface area contributed by atoms with Crippen LogP contribution in [0.4, 0.5) is 0 Å². The van der Waals surface area contributed by atoms with E-state index in [2.05, 4.69) is 4.98 Å². The highest BCUT2D eigenvalue weighted by Crippen LogP contribution is 2.29. The minimum atomic E-state index is -0.240. The molecule has 0 bridgehead atoms. The van der Waals surface area contributed by atoms with Gasteiger partial charge in [0.25, 0.3) is 5.91 Å². The molecule has 1 N–H and O–H groups in total. The molecule has 0 unspecified atom stereocenters. The van der Waals surface area contributed by atoms with Gasteiger partial charge in [-0.15, -0.1) is 0 Å². The van der Waals surface area contributed by atoms with Gasteiger partial charge in [-0.1, -0.05) is 12.1 Å².